The van der Waals surface area contributed by atoms with Gasteiger partial charge in [0.2, 0.25) is 0 Å². The first-order chi connectivity index (χ1) is 6.61. The third-order valence-electron chi connectivity index (χ3n) is 1.85. The molecule has 1 aromatic rings. The van der Waals surface area contributed by atoms with Gasteiger partial charge < -0.3 is 5.32 Å². The van der Waals surface area contributed by atoms with E-state index in [2.05, 4.69) is 29.2 Å². The second kappa shape index (κ2) is 5.32. The maximum atomic E-state index is 5.81. The molecule has 0 bridgehead atoms. The van der Waals surface area contributed by atoms with Crippen LogP contribution in [0.5, 0.6) is 0 Å². The molecule has 0 radical (unpaired) electrons. The number of rotatable bonds is 5. The van der Waals surface area contributed by atoms with Crippen molar-refractivity contribution in [1.29, 1.82) is 0 Å². The highest BCUT2D eigenvalue weighted by Gasteiger charge is 2.06. The van der Waals surface area contributed by atoms with Crippen LogP contribution in [0.25, 0.3) is 0 Å². The zero-order valence-electron chi connectivity index (χ0n) is 8.87. The van der Waals surface area contributed by atoms with Crippen LogP contribution in [-0.2, 0) is 6.54 Å². The summed E-state index contributed by atoms with van der Waals surface area (Å²) in [6.07, 6.45) is 1.58. The lowest BCUT2D eigenvalue weighted by Crippen LogP contribution is -2.23. The minimum atomic E-state index is 0.144. The van der Waals surface area contributed by atoms with Crippen molar-refractivity contribution < 1.29 is 0 Å². The second-order valence-corrected chi connectivity index (χ2v) is 4.37. The highest BCUT2D eigenvalue weighted by molar-refractivity contribution is 6.20. The quantitative estimate of drug-likeness (QED) is 0.760. The monoisotopic (exact) mass is 216 g/mol. The number of nitrogens with one attached hydrogen (secondary N) is 1. The summed E-state index contributed by atoms with van der Waals surface area (Å²) in [7, 11) is 0. The largest absolute Gasteiger partial charge is 0.308 e. The van der Waals surface area contributed by atoms with Gasteiger partial charge in [-0.15, -0.1) is 11.6 Å². The molecule has 5 heteroatoms. The van der Waals surface area contributed by atoms with E-state index in [-0.39, 0.29) is 5.38 Å². The number of nitrogens with zero attached hydrogens (tertiary/aromatic N) is 3. The van der Waals surface area contributed by atoms with Crippen LogP contribution in [0.3, 0.4) is 0 Å². The Morgan fingerprint density at radius 2 is 2.21 bits per heavy atom. The Hall–Kier alpha value is -0.610. The molecule has 0 aliphatic carbocycles. The molecule has 14 heavy (non-hydrogen) atoms. The molecular weight excluding hydrogens is 200 g/mol. The summed E-state index contributed by atoms with van der Waals surface area (Å²) in [6.45, 7) is 7.63. The fourth-order valence-electron chi connectivity index (χ4n) is 1.21. The fraction of sp³-hybridized carbons (Fsp3) is 0.778. The van der Waals surface area contributed by atoms with Crippen LogP contribution in [0.2, 0.25) is 0 Å². The van der Waals surface area contributed by atoms with Gasteiger partial charge in [-0.1, -0.05) is 0 Å². The van der Waals surface area contributed by atoms with Gasteiger partial charge in [0.1, 0.15) is 12.2 Å². The molecule has 0 aliphatic heterocycles. The normalized spacial score (nSPS) is 13.5. The highest BCUT2D eigenvalue weighted by atomic mass is 35.5. The summed E-state index contributed by atoms with van der Waals surface area (Å²) in [5.41, 5.74) is 0. The van der Waals surface area contributed by atoms with Crippen LogP contribution in [0.1, 0.15) is 32.6 Å². The predicted molar refractivity (Wildman–Crippen MR) is 57.4 cm³/mol. The average molecular weight is 217 g/mol. The Kier molecular flexibility index (Phi) is 4.35. The van der Waals surface area contributed by atoms with Gasteiger partial charge in [0.15, 0.2) is 0 Å². The molecule has 4 nitrogen and oxygen atoms in total. The summed E-state index contributed by atoms with van der Waals surface area (Å²) < 4.78 is 1.91. The van der Waals surface area contributed by atoms with Crippen molar-refractivity contribution in [1.82, 2.24) is 20.1 Å². The molecule has 0 aromatic carbocycles. The van der Waals surface area contributed by atoms with E-state index in [0.29, 0.717) is 6.04 Å². The van der Waals surface area contributed by atoms with E-state index < -0.39 is 0 Å². The molecule has 0 saturated carbocycles. The summed E-state index contributed by atoms with van der Waals surface area (Å²) in [4.78, 5) is 4.18. The van der Waals surface area contributed by atoms with Gasteiger partial charge in [-0.25, -0.2) is 9.67 Å². The van der Waals surface area contributed by atoms with Crippen molar-refractivity contribution in [2.75, 3.05) is 6.54 Å². The Labute approximate surface area is 89.7 Å². The summed E-state index contributed by atoms with van der Waals surface area (Å²) in [5, 5.41) is 7.52. The second-order valence-electron chi connectivity index (χ2n) is 3.63. The molecule has 0 amide bonds. The predicted octanol–water partition coefficient (Wildman–Crippen LogP) is 1.58. The third kappa shape index (κ3) is 3.27. The van der Waals surface area contributed by atoms with Crippen LogP contribution < -0.4 is 5.32 Å². The van der Waals surface area contributed by atoms with Crippen LogP contribution in [0.4, 0.5) is 0 Å². The Morgan fingerprint density at radius 3 is 2.79 bits per heavy atom. The molecule has 1 rings (SSSR count). The molecule has 1 N–H and O–H groups in total. The van der Waals surface area contributed by atoms with Gasteiger partial charge in [-0.05, 0) is 20.8 Å². The molecule has 80 valence electrons. The van der Waals surface area contributed by atoms with Crippen molar-refractivity contribution in [3.05, 3.63) is 12.2 Å². The van der Waals surface area contributed by atoms with E-state index in [1.54, 1.807) is 6.33 Å². The highest BCUT2D eigenvalue weighted by Crippen LogP contribution is 2.04. The van der Waals surface area contributed by atoms with Gasteiger partial charge in [0.05, 0.1) is 6.54 Å². The van der Waals surface area contributed by atoms with Crippen molar-refractivity contribution in [3.63, 3.8) is 0 Å². The van der Waals surface area contributed by atoms with E-state index in [9.17, 15) is 0 Å². The maximum Gasteiger partial charge on any atom is 0.141 e. The van der Waals surface area contributed by atoms with Crippen molar-refractivity contribution in [2.45, 2.75) is 38.7 Å². The molecule has 1 heterocycles. The molecular formula is C9H17ClN4. The number of alkyl halides is 1. The van der Waals surface area contributed by atoms with Gasteiger partial charge in [0, 0.05) is 18.0 Å². The molecule has 1 unspecified atom stereocenters. The van der Waals surface area contributed by atoms with Crippen LogP contribution in [0.15, 0.2) is 6.33 Å². The minimum Gasteiger partial charge on any atom is -0.308 e. The zero-order valence-corrected chi connectivity index (χ0v) is 9.62. The van der Waals surface area contributed by atoms with E-state index >= 15 is 0 Å². The smallest absolute Gasteiger partial charge is 0.141 e. The standard InChI is InChI=1S/C9H17ClN4/c1-7(2)14-9(12-6-13-14)5-11-4-8(3)10/h6-8,11H,4-5H2,1-3H3. The van der Waals surface area contributed by atoms with Gasteiger partial charge in [-0.2, -0.15) is 5.10 Å². The zero-order chi connectivity index (χ0) is 10.6. The fourth-order valence-corrected chi connectivity index (χ4v) is 1.32. The lowest BCUT2D eigenvalue weighted by molar-refractivity contribution is 0.490. The van der Waals surface area contributed by atoms with Crippen LogP contribution in [0, 0.1) is 0 Å². The first kappa shape index (κ1) is 11.5. The lowest BCUT2D eigenvalue weighted by Gasteiger charge is -2.10. The third-order valence-corrected chi connectivity index (χ3v) is 2.00. The number of hydrogen-bond donors (Lipinski definition) is 1. The molecule has 1 aromatic heterocycles. The van der Waals surface area contributed by atoms with Gasteiger partial charge >= 0.3 is 0 Å². The minimum absolute atomic E-state index is 0.144. The van der Waals surface area contributed by atoms with Crippen molar-refractivity contribution in [2.24, 2.45) is 0 Å². The number of aromatic nitrogens is 3. The number of hydrogen-bond acceptors (Lipinski definition) is 3. The molecule has 0 saturated heterocycles. The Bertz CT molecular complexity index is 270. The summed E-state index contributed by atoms with van der Waals surface area (Å²) in [6, 6.07) is 0.350. The lowest BCUT2D eigenvalue weighted by atomic mass is 10.4. The number of halogens is 1. The first-order valence-corrected chi connectivity index (χ1v) is 5.28. The Morgan fingerprint density at radius 1 is 1.50 bits per heavy atom. The topological polar surface area (TPSA) is 42.7 Å². The maximum absolute atomic E-state index is 5.81. The SMILES string of the molecule is CC(Cl)CNCc1ncnn1C(C)C. The van der Waals surface area contributed by atoms with Crippen LogP contribution >= 0.6 is 11.6 Å². The Balaban J connectivity index is 2.46. The first-order valence-electron chi connectivity index (χ1n) is 4.84. The van der Waals surface area contributed by atoms with Crippen LogP contribution in [-0.4, -0.2) is 26.7 Å². The summed E-state index contributed by atoms with van der Waals surface area (Å²) >= 11 is 5.81. The molecule has 0 fully saturated rings. The van der Waals surface area contributed by atoms with E-state index in [1.165, 1.54) is 0 Å². The van der Waals surface area contributed by atoms with E-state index in [1.807, 2.05) is 11.6 Å². The van der Waals surface area contributed by atoms with E-state index in [0.717, 1.165) is 18.9 Å². The summed E-state index contributed by atoms with van der Waals surface area (Å²) in [5.74, 6) is 0.956. The van der Waals surface area contributed by atoms with Gasteiger partial charge in [0.25, 0.3) is 0 Å². The van der Waals surface area contributed by atoms with E-state index in [4.69, 9.17) is 11.6 Å². The molecule has 0 aliphatic rings. The molecule has 1 atom stereocenters. The molecule has 0 spiro atoms. The van der Waals surface area contributed by atoms with Gasteiger partial charge in [-0.3, -0.25) is 0 Å². The average Bonchev–Trinajstić information content (AvgIpc) is 2.51. The van der Waals surface area contributed by atoms with Crippen molar-refractivity contribution >= 4 is 11.6 Å². The van der Waals surface area contributed by atoms with Crippen molar-refractivity contribution in [3.8, 4) is 0 Å².